The molecule has 4 aromatic rings. The fourth-order valence-electron chi connectivity index (χ4n) is 7.51. The van der Waals surface area contributed by atoms with Gasteiger partial charge in [0.2, 0.25) is 0 Å². The van der Waals surface area contributed by atoms with Gasteiger partial charge in [-0.2, -0.15) is 15.2 Å². The molecule has 9 nitrogen and oxygen atoms in total. The van der Waals surface area contributed by atoms with Crippen molar-refractivity contribution in [1.29, 1.82) is 5.26 Å². The molecule has 4 aliphatic heterocycles. The lowest BCUT2D eigenvalue weighted by molar-refractivity contribution is -0.0883. The number of morpholine rings is 1. The minimum absolute atomic E-state index is 0.0257. The molecule has 2 aromatic heterocycles. The van der Waals surface area contributed by atoms with Crippen molar-refractivity contribution in [3.8, 4) is 23.2 Å². The van der Waals surface area contributed by atoms with E-state index in [1.807, 2.05) is 11.0 Å². The summed E-state index contributed by atoms with van der Waals surface area (Å²) in [6.45, 7) is 4.20. The average Bonchev–Trinajstić information content (AvgIpc) is 3.65. The molecule has 2 atom stereocenters. The second-order valence-electron chi connectivity index (χ2n) is 12.4. The smallest absolute Gasteiger partial charge is 0.319 e. The van der Waals surface area contributed by atoms with Gasteiger partial charge in [0.15, 0.2) is 5.82 Å². The maximum absolute atomic E-state index is 16.9. The van der Waals surface area contributed by atoms with Crippen molar-refractivity contribution in [2.75, 3.05) is 63.1 Å². The number of benzene rings is 2. The van der Waals surface area contributed by atoms with Crippen LogP contribution in [0.1, 0.15) is 24.8 Å². The molecular weight excluding hydrogens is 627 g/mol. The van der Waals surface area contributed by atoms with Gasteiger partial charge < -0.3 is 25.4 Å². The van der Waals surface area contributed by atoms with Crippen molar-refractivity contribution in [2.45, 2.75) is 36.6 Å². The Morgan fingerprint density at radius 2 is 2.11 bits per heavy atom. The molecule has 0 radical (unpaired) electrons. The lowest BCUT2D eigenvalue weighted by Crippen LogP contribution is -2.69. The lowest BCUT2D eigenvalue weighted by Gasteiger charge is -2.49. The fraction of sp³-hybridized carbons (Fsp3) is 0.452. The molecule has 4 saturated heterocycles. The van der Waals surface area contributed by atoms with Gasteiger partial charge in [-0.3, -0.25) is 4.90 Å². The highest BCUT2D eigenvalue weighted by molar-refractivity contribution is 7.23. The van der Waals surface area contributed by atoms with Gasteiger partial charge in [-0.15, -0.1) is 11.3 Å². The van der Waals surface area contributed by atoms with E-state index in [0.29, 0.717) is 57.0 Å². The third-order valence-corrected chi connectivity index (χ3v) is 11.0. The Labute approximate surface area is 265 Å². The van der Waals surface area contributed by atoms with Crippen LogP contribution in [0.5, 0.6) is 6.01 Å². The van der Waals surface area contributed by atoms with Gasteiger partial charge in [0, 0.05) is 48.9 Å². The number of nitrogen functional groups attached to an aromatic ring is 1. The largest absolute Gasteiger partial charge is 0.461 e. The molecule has 234 valence electrons. The minimum Gasteiger partial charge on any atom is -0.461 e. The van der Waals surface area contributed by atoms with E-state index in [-0.39, 0.29) is 60.5 Å². The Bertz CT molecular complexity index is 1910. The van der Waals surface area contributed by atoms with Crippen molar-refractivity contribution in [1.82, 2.24) is 20.2 Å². The highest BCUT2D eigenvalue weighted by atomic mass is 35.5. The highest BCUT2D eigenvalue weighted by Crippen LogP contribution is 2.46. The average molecular weight is 656 g/mol. The van der Waals surface area contributed by atoms with Crippen molar-refractivity contribution < 1.29 is 22.6 Å². The van der Waals surface area contributed by atoms with E-state index < -0.39 is 23.3 Å². The van der Waals surface area contributed by atoms with Crippen LogP contribution in [0, 0.1) is 23.0 Å². The maximum atomic E-state index is 16.9. The Balaban J connectivity index is 1.29. The Hall–Kier alpha value is -3.41. The molecule has 2 aromatic carbocycles. The van der Waals surface area contributed by atoms with Crippen LogP contribution in [0.3, 0.4) is 0 Å². The molecule has 8 rings (SSSR count). The first-order valence-corrected chi connectivity index (χ1v) is 16.1. The van der Waals surface area contributed by atoms with E-state index in [1.54, 1.807) is 6.07 Å². The SMILES string of the molecule is N#Cc1c(N)sc2c(F)ccc(-c3c(Cl)cc4c(N5CCOC6(CNC6)C5)nc(OC[C@@]56CCCN5C[C@H](F)C6)nc4c3F)c12. The number of rotatable bonds is 5. The number of nitrogens with two attached hydrogens (primary N) is 1. The number of fused-ring (bicyclic) bond motifs is 3. The van der Waals surface area contributed by atoms with Crippen LogP contribution < -0.4 is 20.7 Å². The van der Waals surface area contributed by atoms with E-state index >= 15 is 4.39 Å². The van der Waals surface area contributed by atoms with E-state index in [4.69, 9.17) is 31.8 Å². The number of hydrogen-bond donors (Lipinski definition) is 2. The molecule has 45 heavy (non-hydrogen) atoms. The lowest BCUT2D eigenvalue weighted by atomic mass is 9.94. The Morgan fingerprint density at radius 1 is 1.27 bits per heavy atom. The number of alkyl halides is 1. The van der Waals surface area contributed by atoms with Gasteiger partial charge in [-0.1, -0.05) is 17.7 Å². The van der Waals surface area contributed by atoms with Crippen LogP contribution in [0.25, 0.3) is 32.1 Å². The molecule has 0 saturated carbocycles. The number of ether oxygens (including phenoxy) is 2. The molecule has 0 unspecified atom stereocenters. The third kappa shape index (κ3) is 4.52. The highest BCUT2D eigenvalue weighted by Gasteiger charge is 2.49. The number of anilines is 2. The zero-order valence-corrected chi connectivity index (χ0v) is 25.7. The first kappa shape index (κ1) is 29.0. The number of thiophene rings is 1. The minimum atomic E-state index is -0.929. The summed E-state index contributed by atoms with van der Waals surface area (Å²) >= 11 is 7.75. The van der Waals surface area contributed by atoms with Crippen molar-refractivity contribution in [2.24, 2.45) is 0 Å². The summed E-state index contributed by atoms with van der Waals surface area (Å²) in [5.74, 6) is -0.875. The van der Waals surface area contributed by atoms with Crippen molar-refractivity contribution in [3.63, 3.8) is 0 Å². The normalized spacial score (nSPS) is 24.3. The predicted molar refractivity (Wildman–Crippen MR) is 167 cm³/mol. The first-order valence-electron chi connectivity index (χ1n) is 14.9. The van der Waals surface area contributed by atoms with Gasteiger partial charge in [0.1, 0.15) is 46.6 Å². The second kappa shape index (κ2) is 10.6. The van der Waals surface area contributed by atoms with Crippen LogP contribution in [0.4, 0.5) is 24.0 Å². The molecule has 0 aliphatic carbocycles. The second-order valence-corrected chi connectivity index (χ2v) is 13.9. The van der Waals surface area contributed by atoms with Gasteiger partial charge in [-0.25, -0.2) is 13.2 Å². The molecule has 4 aliphatic rings. The van der Waals surface area contributed by atoms with E-state index in [0.717, 1.165) is 30.7 Å². The molecular formula is C31H29ClF3N7O2S. The Kier molecular flexibility index (Phi) is 6.82. The molecule has 0 amide bonds. The molecule has 6 heterocycles. The summed E-state index contributed by atoms with van der Waals surface area (Å²) in [6, 6.07) is 6.22. The van der Waals surface area contributed by atoms with E-state index in [9.17, 15) is 14.0 Å². The molecule has 14 heteroatoms. The summed E-state index contributed by atoms with van der Waals surface area (Å²) in [5, 5.41) is 13.9. The van der Waals surface area contributed by atoms with Crippen LogP contribution in [-0.2, 0) is 4.74 Å². The van der Waals surface area contributed by atoms with Crippen LogP contribution in [0.2, 0.25) is 5.02 Å². The summed E-state index contributed by atoms with van der Waals surface area (Å²) in [7, 11) is 0. The summed E-state index contributed by atoms with van der Waals surface area (Å²) < 4.78 is 58.6. The summed E-state index contributed by atoms with van der Waals surface area (Å²) in [6.07, 6.45) is 1.18. The van der Waals surface area contributed by atoms with Crippen molar-refractivity contribution in [3.05, 3.63) is 40.4 Å². The van der Waals surface area contributed by atoms with E-state index in [1.165, 1.54) is 12.1 Å². The van der Waals surface area contributed by atoms with Gasteiger partial charge >= 0.3 is 6.01 Å². The Morgan fingerprint density at radius 3 is 2.89 bits per heavy atom. The van der Waals surface area contributed by atoms with Crippen molar-refractivity contribution >= 4 is 54.7 Å². The third-order valence-electron chi connectivity index (χ3n) is 9.71. The number of nitriles is 1. The molecule has 1 spiro atoms. The topological polar surface area (TPSA) is 113 Å². The fourth-order valence-corrected chi connectivity index (χ4v) is 8.76. The number of nitrogens with one attached hydrogen (secondary N) is 1. The van der Waals surface area contributed by atoms with Gasteiger partial charge in [0.25, 0.3) is 0 Å². The van der Waals surface area contributed by atoms with Crippen LogP contribution >= 0.6 is 22.9 Å². The summed E-state index contributed by atoms with van der Waals surface area (Å²) in [4.78, 5) is 13.5. The number of hydrogen-bond acceptors (Lipinski definition) is 10. The zero-order valence-electron chi connectivity index (χ0n) is 24.1. The molecule has 4 fully saturated rings. The number of nitrogens with zero attached hydrogens (tertiary/aromatic N) is 5. The molecule has 0 bridgehead atoms. The van der Waals surface area contributed by atoms with Gasteiger partial charge in [0.05, 0.1) is 34.0 Å². The standard InChI is InChI=1S/C31H29ClF3N7O2S/c32-20-8-18-25(24(35)23(20)17-2-3-21(34)26-22(17)19(10-36)27(37)45-26)39-29(43-15-30-4-1-5-42(30)11-16(33)9-30)40-28(18)41-6-7-44-31(14-41)12-38-13-31/h2-3,8,16,38H,1,4-7,9,11-15,37H2/t16-,30+/m1/s1. The van der Waals surface area contributed by atoms with Gasteiger partial charge in [-0.05, 0) is 37.1 Å². The van der Waals surface area contributed by atoms with Crippen LogP contribution in [0.15, 0.2) is 18.2 Å². The van der Waals surface area contributed by atoms with E-state index in [2.05, 4.69) is 15.2 Å². The molecule has 3 N–H and O–H groups in total. The quantitative estimate of drug-likeness (QED) is 0.306. The maximum Gasteiger partial charge on any atom is 0.319 e. The zero-order chi connectivity index (χ0) is 31.1. The number of halogens is 4. The number of aromatic nitrogens is 2. The predicted octanol–water partition coefficient (Wildman–Crippen LogP) is 5.03. The monoisotopic (exact) mass is 655 g/mol. The van der Waals surface area contributed by atoms with Crippen LogP contribution in [-0.4, -0.2) is 84.7 Å². The summed E-state index contributed by atoms with van der Waals surface area (Å²) in [5.41, 5.74) is 5.45. The first-order chi connectivity index (χ1) is 21.7.